The van der Waals surface area contributed by atoms with Gasteiger partial charge in [0.25, 0.3) is 5.69 Å². The molecule has 1 aromatic rings. The topological polar surface area (TPSA) is 98.6 Å². The molecule has 0 bridgehead atoms. The number of ether oxygens (including phenoxy) is 1. The van der Waals surface area contributed by atoms with Crippen molar-refractivity contribution in [2.45, 2.75) is 18.9 Å². The van der Waals surface area contributed by atoms with E-state index < -0.39 is 29.6 Å². The first-order valence-corrected chi connectivity index (χ1v) is 4.95. The second kappa shape index (κ2) is 7.05. The van der Waals surface area contributed by atoms with E-state index in [1.807, 2.05) is 0 Å². The molecule has 0 heterocycles. The number of nitrogens with zero attached hydrogens (tertiary/aromatic N) is 1. The van der Waals surface area contributed by atoms with E-state index >= 15 is 0 Å². The van der Waals surface area contributed by atoms with E-state index in [4.69, 9.17) is 10.5 Å². The third kappa shape index (κ3) is 4.18. The first-order valence-electron chi connectivity index (χ1n) is 4.95. The number of alkyl halides is 2. The normalized spacial score (nSPS) is 11.8. The van der Waals surface area contributed by atoms with Crippen LogP contribution in [0.2, 0.25) is 0 Å². The van der Waals surface area contributed by atoms with Crippen LogP contribution in [-0.4, -0.2) is 23.6 Å². The highest BCUT2D eigenvalue weighted by Crippen LogP contribution is 2.38. The average molecular weight is 299 g/mol. The zero-order valence-corrected chi connectivity index (χ0v) is 10.7. The van der Waals surface area contributed by atoms with E-state index in [1.54, 1.807) is 0 Å². The zero-order chi connectivity index (χ0) is 13.9. The van der Waals surface area contributed by atoms with Crippen LogP contribution in [0.1, 0.15) is 18.0 Å². The quantitative estimate of drug-likeness (QED) is 0.642. The molecule has 1 atom stereocenters. The Morgan fingerprint density at radius 2 is 2.11 bits per heavy atom. The van der Waals surface area contributed by atoms with Crippen molar-refractivity contribution in [3.63, 3.8) is 0 Å². The van der Waals surface area contributed by atoms with Crippen molar-refractivity contribution in [2.24, 2.45) is 5.73 Å². The number of aromatic hydroxyl groups is 1. The number of rotatable bonds is 5. The monoisotopic (exact) mass is 298 g/mol. The molecular weight excluding hydrogens is 286 g/mol. The van der Waals surface area contributed by atoms with Crippen molar-refractivity contribution < 1.29 is 23.5 Å². The lowest BCUT2D eigenvalue weighted by atomic mass is 10.0. The standard InChI is InChI=1S/C10H12F2N2O4.ClH/c1-18-8-3-5(14(16)17)2-6(10(8)15)7(13)4-9(11)12;/h2-3,7,9,15H,4,13H2,1H3;1H/t7-;/m0./s1. The van der Waals surface area contributed by atoms with E-state index in [9.17, 15) is 24.0 Å². The van der Waals surface area contributed by atoms with Crippen LogP contribution in [-0.2, 0) is 0 Å². The van der Waals surface area contributed by atoms with Crippen LogP contribution < -0.4 is 10.5 Å². The zero-order valence-electron chi connectivity index (χ0n) is 9.88. The number of methoxy groups -OCH3 is 1. The summed E-state index contributed by atoms with van der Waals surface area (Å²) in [4.78, 5) is 9.94. The van der Waals surface area contributed by atoms with Crippen molar-refractivity contribution in [1.29, 1.82) is 0 Å². The Balaban J connectivity index is 0.00000324. The minimum Gasteiger partial charge on any atom is -0.504 e. The van der Waals surface area contributed by atoms with Crippen molar-refractivity contribution in [3.8, 4) is 11.5 Å². The van der Waals surface area contributed by atoms with E-state index in [-0.39, 0.29) is 29.4 Å². The largest absolute Gasteiger partial charge is 0.504 e. The molecule has 0 aliphatic heterocycles. The molecule has 0 aromatic heterocycles. The van der Waals surface area contributed by atoms with Gasteiger partial charge >= 0.3 is 0 Å². The molecule has 1 aromatic carbocycles. The van der Waals surface area contributed by atoms with E-state index in [1.165, 1.54) is 7.11 Å². The summed E-state index contributed by atoms with van der Waals surface area (Å²) in [5, 5.41) is 20.4. The number of halogens is 3. The van der Waals surface area contributed by atoms with Crippen LogP contribution in [0.5, 0.6) is 11.5 Å². The second-order valence-corrected chi connectivity index (χ2v) is 3.58. The molecule has 0 saturated carbocycles. The van der Waals surface area contributed by atoms with E-state index in [0.717, 1.165) is 12.1 Å². The summed E-state index contributed by atoms with van der Waals surface area (Å²) in [6.07, 6.45) is -3.39. The van der Waals surface area contributed by atoms with Crippen molar-refractivity contribution in [3.05, 3.63) is 27.8 Å². The molecule has 0 saturated heterocycles. The Morgan fingerprint density at radius 3 is 2.53 bits per heavy atom. The van der Waals surface area contributed by atoms with Gasteiger partial charge in [-0.2, -0.15) is 0 Å². The lowest BCUT2D eigenvalue weighted by Crippen LogP contribution is -2.14. The summed E-state index contributed by atoms with van der Waals surface area (Å²) in [5.41, 5.74) is 4.95. The van der Waals surface area contributed by atoms with Crippen molar-refractivity contribution >= 4 is 18.1 Å². The molecule has 0 spiro atoms. The molecule has 0 aliphatic rings. The summed E-state index contributed by atoms with van der Waals surface area (Å²) >= 11 is 0. The number of hydrogen-bond acceptors (Lipinski definition) is 5. The Bertz CT molecular complexity index is 459. The van der Waals surface area contributed by atoms with Gasteiger partial charge in [-0.1, -0.05) is 0 Å². The number of benzene rings is 1. The van der Waals surface area contributed by atoms with Gasteiger partial charge in [-0.25, -0.2) is 8.78 Å². The van der Waals surface area contributed by atoms with Gasteiger partial charge in [0.05, 0.1) is 18.1 Å². The van der Waals surface area contributed by atoms with E-state index in [2.05, 4.69) is 0 Å². The van der Waals surface area contributed by atoms with Crippen LogP contribution in [0.4, 0.5) is 14.5 Å². The fraction of sp³-hybridized carbons (Fsp3) is 0.400. The fourth-order valence-electron chi connectivity index (χ4n) is 1.48. The Kier molecular flexibility index (Phi) is 6.43. The summed E-state index contributed by atoms with van der Waals surface area (Å²) < 4.78 is 29.2. The molecule has 9 heteroatoms. The van der Waals surface area contributed by atoms with Crippen molar-refractivity contribution in [1.82, 2.24) is 0 Å². The molecule has 0 unspecified atom stereocenters. The number of non-ortho nitro benzene ring substituents is 1. The fourth-order valence-corrected chi connectivity index (χ4v) is 1.48. The van der Waals surface area contributed by atoms with E-state index in [0.29, 0.717) is 0 Å². The first-order chi connectivity index (χ1) is 8.36. The lowest BCUT2D eigenvalue weighted by Gasteiger charge is -2.15. The highest BCUT2D eigenvalue weighted by molar-refractivity contribution is 5.85. The van der Waals surface area contributed by atoms with Crippen LogP contribution in [0.3, 0.4) is 0 Å². The lowest BCUT2D eigenvalue weighted by molar-refractivity contribution is -0.385. The van der Waals surface area contributed by atoms with Gasteiger partial charge in [0.15, 0.2) is 11.5 Å². The molecular formula is C10H13ClF2N2O4. The van der Waals surface area contributed by atoms with Gasteiger partial charge in [-0.15, -0.1) is 12.4 Å². The highest BCUT2D eigenvalue weighted by Gasteiger charge is 2.23. The molecule has 0 radical (unpaired) electrons. The molecule has 1 rings (SSSR count). The Labute approximate surface area is 113 Å². The maximum absolute atomic E-state index is 12.2. The predicted molar refractivity (Wildman–Crippen MR) is 66.1 cm³/mol. The van der Waals surface area contributed by atoms with Crippen molar-refractivity contribution in [2.75, 3.05) is 7.11 Å². The second-order valence-electron chi connectivity index (χ2n) is 3.58. The number of phenolic OH excluding ortho intramolecular Hbond substituents is 1. The first kappa shape index (κ1) is 17.3. The average Bonchev–Trinajstić information content (AvgIpc) is 2.27. The Hall–Kier alpha value is -1.67. The van der Waals surface area contributed by atoms with Gasteiger partial charge in [0, 0.05) is 24.1 Å². The Morgan fingerprint density at radius 1 is 1.53 bits per heavy atom. The molecule has 0 amide bonds. The predicted octanol–water partition coefficient (Wildman–Crippen LogP) is 2.39. The third-order valence-corrected chi connectivity index (χ3v) is 2.35. The van der Waals surface area contributed by atoms with Crippen LogP contribution >= 0.6 is 12.4 Å². The molecule has 19 heavy (non-hydrogen) atoms. The number of nitro groups is 1. The number of phenols is 1. The summed E-state index contributed by atoms with van der Waals surface area (Å²) in [6, 6.07) is 0.748. The molecule has 3 N–H and O–H groups in total. The summed E-state index contributed by atoms with van der Waals surface area (Å²) in [6.45, 7) is 0. The highest BCUT2D eigenvalue weighted by atomic mass is 35.5. The summed E-state index contributed by atoms with van der Waals surface area (Å²) in [7, 11) is 1.20. The van der Waals surface area contributed by atoms with Gasteiger partial charge in [0.1, 0.15) is 0 Å². The maximum atomic E-state index is 12.2. The molecule has 0 aliphatic carbocycles. The molecule has 6 nitrogen and oxygen atoms in total. The van der Waals surface area contributed by atoms with Crippen LogP contribution in [0.15, 0.2) is 12.1 Å². The van der Waals surface area contributed by atoms with Gasteiger partial charge < -0.3 is 15.6 Å². The van der Waals surface area contributed by atoms with Gasteiger partial charge in [0.2, 0.25) is 6.43 Å². The maximum Gasteiger partial charge on any atom is 0.273 e. The smallest absolute Gasteiger partial charge is 0.273 e. The van der Waals surface area contributed by atoms with Crippen LogP contribution in [0, 0.1) is 10.1 Å². The number of hydrogen-bond donors (Lipinski definition) is 2. The SMILES string of the molecule is COc1cc([N+](=O)[O-])cc([C@@H](N)CC(F)F)c1O.Cl. The minimum atomic E-state index is -2.68. The number of nitro benzene ring substituents is 1. The van der Waals surface area contributed by atoms with Gasteiger partial charge in [-0.05, 0) is 0 Å². The molecule has 108 valence electrons. The van der Waals surface area contributed by atoms with Gasteiger partial charge in [-0.3, -0.25) is 10.1 Å². The van der Waals surface area contributed by atoms with Crippen LogP contribution in [0.25, 0.3) is 0 Å². The third-order valence-electron chi connectivity index (χ3n) is 2.35. The molecule has 0 fully saturated rings. The number of nitrogens with two attached hydrogens (primary N) is 1. The minimum absolute atomic E-state index is 0. The summed E-state index contributed by atoms with van der Waals surface area (Å²) in [5.74, 6) is -0.639.